The quantitative estimate of drug-likeness (QED) is 0.402. The minimum absolute atomic E-state index is 0.00897. The van der Waals surface area contributed by atoms with Gasteiger partial charge in [-0.2, -0.15) is 0 Å². The number of phenolic OH excluding ortho intramolecular Hbond substituents is 2. The number of fused-ring (bicyclic) bond motifs is 2. The predicted molar refractivity (Wildman–Crippen MR) is 117 cm³/mol. The van der Waals surface area contributed by atoms with Gasteiger partial charge in [0, 0.05) is 11.6 Å². The fraction of sp³-hybridized carbons (Fsp3) is 0.250. The Labute approximate surface area is 173 Å². The first kappa shape index (κ1) is 21.2. The summed E-state index contributed by atoms with van der Waals surface area (Å²) >= 11 is 0. The Morgan fingerprint density at radius 1 is 0.933 bits per heavy atom. The number of carboxylic acid groups (broad SMARTS) is 1. The van der Waals surface area contributed by atoms with E-state index >= 15 is 0 Å². The minimum Gasteiger partial charge on any atom is -0.507 e. The van der Waals surface area contributed by atoms with Crippen LogP contribution in [0, 0.1) is 0 Å². The normalized spacial score (nSPS) is 10.9. The summed E-state index contributed by atoms with van der Waals surface area (Å²) in [5.74, 6) is -1.67. The summed E-state index contributed by atoms with van der Waals surface area (Å²) in [5.41, 5.74) is 2.24. The number of carboxylic acids is 1. The van der Waals surface area contributed by atoms with Crippen molar-refractivity contribution in [3.05, 3.63) is 68.4 Å². The molecule has 3 rings (SSSR count). The van der Waals surface area contributed by atoms with E-state index < -0.39 is 11.4 Å². The van der Waals surface area contributed by atoms with Crippen LogP contribution in [0.5, 0.6) is 11.5 Å². The Balaban J connectivity index is 2.44. The third-order valence-corrected chi connectivity index (χ3v) is 4.95. The van der Waals surface area contributed by atoms with Gasteiger partial charge in [0.1, 0.15) is 28.1 Å². The smallest absolute Gasteiger partial charge is 0.336 e. The Hall–Kier alpha value is -3.54. The number of aromatic hydroxyl groups is 2. The lowest BCUT2D eigenvalue weighted by atomic mass is 9.96. The summed E-state index contributed by atoms with van der Waals surface area (Å²) in [5, 5.41) is 30.8. The molecular weight excluding hydrogens is 384 g/mol. The van der Waals surface area contributed by atoms with Gasteiger partial charge in [-0.15, -0.1) is 0 Å². The van der Waals surface area contributed by atoms with Gasteiger partial charge in [0.05, 0.1) is 10.9 Å². The number of allylic oxidation sites excluding steroid dienone is 4. The van der Waals surface area contributed by atoms with Gasteiger partial charge in [-0.3, -0.25) is 4.79 Å². The molecule has 0 spiro atoms. The second kappa shape index (κ2) is 8.06. The molecule has 3 N–H and O–H groups in total. The molecule has 0 bridgehead atoms. The summed E-state index contributed by atoms with van der Waals surface area (Å²) < 4.78 is 5.80. The lowest BCUT2D eigenvalue weighted by Crippen LogP contribution is -2.11. The van der Waals surface area contributed by atoms with Crippen LogP contribution in [0.25, 0.3) is 21.9 Å². The fourth-order valence-corrected chi connectivity index (χ4v) is 3.40. The van der Waals surface area contributed by atoms with Crippen molar-refractivity contribution < 1.29 is 24.5 Å². The molecule has 0 amide bonds. The monoisotopic (exact) mass is 408 g/mol. The third-order valence-electron chi connectivity index (χ3n) is 4.95. The van der Waals surface area contributed by atoms with Gasteiger partial charge in [-0.25, -0.2) is 4.79 Å². The highest BCUT2D eigenvalue weighted by Gasteiger charge is 2.22. The van der Waals surface area contributed by atoms with Crippen LogP contribution in [0.1, 0.15) is 49.2 Å². The molecule has 6 nitrogen and oxygen atoms in total. The Bertz CT molecular complexity index is 1280. The molecule has 0 unspecified atom stereocenters. The SMILES string of the molecule is CC(C)=CCc1c(O)cc2oc3ccc(C(=O)O)c(CC=C(C)C)c3c(=O)c2c1O. The number of hydrogen-bond donors (Lipinski definition) is 3. The van der Waals surface area contributed by atoms with Crippen LogP contribution in [-0.4, -0.2) is 21.3 Å². The lowest BCUT2D eigenvalue weighted by Gasteiger charge is -2.12. The van der Waals surface area contributed by atoms with Gasteiger partial charge in [-0.1, -0.05) is 23.3 Å². The van der Waals surface area contributed by atoms with E-state index in [4.69, 9.17) is 4.42 Å². The van der Waals surface area contributed by atoms with Gasteiger partial charge in [0.2, 0.25) is 5.43 Å². The molecular formula is C24H24O6. The van der Waals surface area contributed by atoms with Crippen LogP contribution >= 0.6 is 0 Å². The van der Waals surface area contributed by atoms with E-state index in [0.717, 1.165) is 11.1 Å². The van der Waals surface area contributed by atoms with Crippen molar-refractivity contribution in [2.45, 2.75) is 40.5 Å². The topological polar surface area (TPSA) is 108 Å². The minimum atomic E-state index is -1.15. The maximum Gasteiger partial charge on any atom is 0.336 e. The summed E-state index contributed by atoms with van der Waals surface area (Å²) in [4.78, 5) is 25.2. The van der Waals surface area contributed by atoms with E-state index in [2.05, 4.69) is 0 Å². The molecule has 0 aliphatic heterocycles. The van der Waals surface area contributed by atoms with Crippen molar-refractivity contribution in [1.82, 2.24) is 0 Å². The van der Waals surface area contributed by atoms with Crippen molar-refractivity contribution in [3.8, 4) is 11.5 Å². The highest BCUT2D eigenvalue weighted by molar-refractivity contribution is 6.01. The maximum atomic E-state index is 13.4. The number of carbonyl (C=O) groups is 1. The second-order valence-electron chi connectivity index (χ2n) is 7.77. The molecule has 0 aliphatic carbocycles. The molecule has 2 aromatic carbocycles. The average Bonchev–Trinajstić information content (AvgIpc) is 2.64. The first-order valence-electron chi connectivity index (χ1n) is 9.58. The number of phenols is 2. The third kappa shape index (κ3) is 3.81. The molecule has 3 aromatic rings. The van der Waals surface area contributed by atoms with Crippen molar-refractivity contribution in [2.24, 2.45) is 0 Å². The Morgan fingerprint density at radius 3 is 2.10 bits per heavy atom. The number of benzene rings is 2. The van der Waals surface area contributed by atoms with Gasteiger partial charge >= 0.3 is 5.97 Å². The van der Waals surface area contributed by atoms with E-state index in [0.29, 0.717) is 5.56 Å². The highest BCUT2D eigenvalue weighted by Crippen LogP contribution is 2.37. The van der Waals surface area contributed by atoms with E-state index in [-0.39, 0.29) is 57.4 Å². The molecule has 6 heteroatoms. The van der Waals surface area contributed by atoms with E-state index in [9.17, 15) is 24.9 Å². The Kier molecular flexibility index (Phi) is 5.69. The molecule has 0 aliphatic rings. The highest BCUT2D eigenvalue weighted by atomic mass is 16.4. The van der Waals surface area contributed by atoms with E-state index in [1.807, 2.05) is 39.8 Å². The molecule has 1 heterocycles. The van der Waals surface area contributed by atoms with E-state index in [1.54, 1.807) is 0 Å². The van der Waals surface area contributed by atoms with Crippen molar-refractivity contribution in [2.75, 3.05) is 0 Å². The molecule has 30 heavy (non-hydrogen) atoms. The maximum absolute atomic E-state index is 13.4. The predicted octanol–water partition coefficient (Wildman–Crippen LogP) is 5.07. The van der Waals surface area contributed by atoms with Gasteiger partial charge in [0.25, 0.3) is 0 Å². The standard InChI is InChI=1S/C24H24O6/c1-12(2)5-7-14-15(24(28)29)9-10-18-20(14)23(27)21-19(30-18)11-17(25)16(22(21)26)8-6-13(3)4/h5-6,9-11,25-26H,7-8H2,1-4H3,(H,28,29). The zero-order valence-corrected chi connectivity index (χ0v) is 17.4. The van der Waals surface area contributed by atoms with Gasteiger partial charge in [0.15, 0.2) is 0 Å². The van der Waals surface area contributed by atoms with Crippen LogP contribution in [0.15, 0.2) is 50.7 Å². The summed E-state index contributed by atoms with van der Waals surface area (Å²) in [6.07, 6.45) is 4.14. The fourth-order valence-electron chi connectivity index (χ4n) is 3.40. The van der Waals surface area contributed by atoms with Crippen LogP contribution in [0.3, 0.4) is 0 Å². The van der Waals surface area contributed by atoms with Crippen LogP contribution in [-0.2, 0) is 12.8 Å². The zero-order valence-electron chi connectivity index (χ0n) is 17.4. The zero-order chi connectivity index (χ0) is 22.2. The summed E-state index contributed by atoms with van der Waals surface area (Å²) in [7, 11) is 0. The van der Waals surface area contributed by atoms with E-state index in [1.165, 1.54) is 18.2 Å². The van der Waals surface area contributed by atoms with Gasteiger partial charge < -0.3 is 19.7 Å². The first-order chi connectivity index (χ1) is 14.1. The Morgan fingerprint density at radius 2 is 1.53 bits per heavy atom. The van der Waals surface area contributed by atoms with Crippen molar-refractivity contribution >= 4 is 27.9 Å². The van der Waals surface area contributed by atoms with Crippen LogP contribution < -0.4 is 5.43 Å². The molecule has 0 saturated heterocycles. The van der Waals surface area contributed by atoms with Gasteiger partial charge in [-0.05, 0) is 58.2 Å². The lowest BCUT2D eigenvalue weighted by molar-refractivity contribution is 0.0696. The van der Waals surface area contributed by atoms with Crippen LogP contribution in [0.2, 0.25) is 0 Å². The summed E-state index contributed by atoms with van der Waals surface area (Å²) in [6.45, 7) is 7.54. The first-order valence-corrected chi connectivity index (χ1v) is 9.58. The largest absolute Gasteiger partial charge is 0.507 e. The molecule has 0 fully saturated rings. The molecule has 0 radical (unpaired) electrons. The number of rotatable bonds is 5. The molecule has 0 atom stereocenters. The molecule has 1 aromatic heterocycles. The molecule has 0 saturated carbocycles. The van der Waals surface area contributed by atoms with Crippen LogP contribution in [0.4, 0.5) is 0 Å². The second-order valence-corrected chi connectivity index (χ2v) is 7.77. The number of hydrogen-bond acceptors (Lipinski definition) is 5. The van der Waals surface area contributed by atoms with Crippen molar-refractivity contribution in [3.63, 3.8) is 0 Å². The van der Waals surface area contributed by atoms with Crippen molar-refractivity contribution in [1.29, 1.82) is 0 Å². The summed E-state index contributed by atoms with van der Waals surface area (Å²) in [6, 6.07) is 4.14. The average molecular weight is 408 g/mol. The number of aromatic carboxylic acids is 1. The molecule has 156 valence electrons.